The number of unbranched alkanes of at least 4 members (excludes halogenated alkanes) is 3. The third kappa shape index (κ3) is 9.54. The third-order valence-electron chi connectivity index (χ3n) is 3.18. The van der Waals surface area contributed by atoms with Gasteiger partial charge in [-0.1, -0.05) is 57.7 Å². The molecule has 0 aliphatic rings. The van der Waals surface area contributed by atoms with Gasteiger partial charge in [-0.05, 0) is 31.0 Å². The van der Waals surface area contributed by atoms with Crippen molar-refractivity contribution in [2.45, 2.75) is 46.0 Å². The van der Waals surface area contributed by atoms with Crippen LogP contribution in [-0.4, -0.2) is 19.7 Å². The van der Waals surface area contributed by atoms with Crippen LogP contribution in [0.2, 0.25) is 0 Å². The second-order valence-corrected chi connectivity index (χ2v) is 5.51. The van der Waals surface area contributed by atoms with E-state index in [1.165, 1.54) is 32.1 Å². The Hall–Kier alpha value is -1.02. The van der Waals surface area contributed by atoms with E-state index in [-0.39, 0.29) is 0 Å². The molecule has 0 spiro atoms. The zero-order valence-electron chi connectivity index (χ0n) is 12.5. The first-order valence-corrected chi connectivity index (χ1v) is 7.67. The Morgan fingerprint density at radius 1 is 0.947 bits per heavy atom. The van der Waals surface area contributed by atoms with Crippen LogP contribution in [0.3, 0.4) is 0 Å². The van der Waals surface area contributed by atoms with E-state index < -0.39 is 0 Å². The fraction of sp³-hybridized carbons (Fsp3) is 0.647. The van der Waals surface area contributed by atoms with Crippen molar-refractivity contribution in [2.75, 3.05) is 19.7 Å². The summed E-state index contributed by atoms with van der Waals surface area (Å²) in [6, 6.07) is 9.99. The lowest BCUT2D eigenvalue weighted by Gasteiger charge is -2.07. The predicted molar refractivity (Wildman–Crippen MR) is 82.7 cm³/mol. The molecule has 0 bridgehead atoms. The molecule has 0 radical (unpaired) electrons. The van der Waals surface area contributed by atoms with E-state index in [1.807, 2.05) is 30.3 Å². The number of rotatable bonds is 11. The first kappa shape index (κ1) is 16.0. The van der Waals surface area contributed by atoms with Crippen molar-refractivity contribution in [3.8, 4) is 5.75 Å². The molecular formula is C17H29NO. The molecule has 19 heavy (non-hydrogen) atoms. The standard InChI is InChI=1S/C17H29NO/c1-16(2)10-6-3-4-9-13-18-14-15-19-17-11-7-5-8-12-17/h5,7-8,11-12,16,18H,3-4,6,9-10,13-15H2,1-2H3. The van der Waals surface area contributed by atoms with E-state index in [1.54, 1.807) is 0 Å². The monoisotopic (exact) mass is 263 g/mol. The lowest BCUT2D eigenvalue weighted by Crippen LogP contribution is -2.22. The van der Waals surface area contributed by atoms with Crippen LogP contribution in [0, 0.1) is 5.92 Å². The van der Waals surface area contributed by atoms with Gasteiger partial charge in [-0.25, -0.2) is 0 Å². The van der Waals surface area contributed by atoms with E-state index in [9.17, 15) is 0 Å². The quantitative estimate of drug-likeness (QED) is 0.602. The maximum atomic E-state index is 5.61. The highest BCUT2D eigenvalue weighted by atomic mass is 16.5. The molecule has 0 heterocycles. The maximum Gasteiger partial charge on any atom is 0.119 e. The molecule has 108 valence electrons. The van der Waals surface area contributed by atoms with Gasteiger partial charge < -0.3 is 10.1 Å². The third-order valence-corrected chi connectivity index (χ3v) is 3.18. The Morgan fingerprint density at radius 2 is 1.68 bits per heavy atom. The van der Waals surface area contributed by atoms with Crippen LogP contribution < -0.4 is 10.1 Å². The Bertz CT molecular complexity index is 297. The summed E-state index contributed by atoms with van der Waals surface area (Å²) in [4.78, 5) is 0. The van der Waals surface area contributed by atoms with Crippen molar-refractivity contribution in [2.24, 2.45) is 5.92 Å². The van der Waals surface area contributed by atoms with E-state index in [0.29, 0.717) is 0 Å². The molecule has 0 saturated heterocycles. The molecule has 1 rings (SSSR count). The van der Waals surface area contributed by atoms with E-state index in [2.05, 4.69) is 19.2 Å². The molecule has 0 saturated carbocycles. The van der Waals surface area contributed by atoms with Crippen molar-refractivity contribution in [1.82, 2.24) is 5.32 Å². The van der Waals surface area contributed by atoms with Crippen LogP contribution >= 0.6 is 0 Å². The number of hydrogen-bond donors (Lipinski definition) is 1. The largest absolute Gasteiger partial charge is 0.492 e. The molecule has 0 atom stereocenters. The van der Waals surface area contributed by atoms with Gasteiger partial charge in [0, 0.05) is 6.54 Å². The lowest BCUT2D eigenvalue weighted by atomic mass is 10.0. The molecule has 1 N–H and O–H groups in total. The summed E-state index contributed by atoms with van der Waals surface area (Å²) in [5, 5.41) is 3.43. The summed E-state index contributed by atoms with van der Waals surface area (Å²) in [6.45, 7) is 7.39. The minimum absolute atomic E-state index is 0.747. The van der Waals surface area contributed by atoms with Gasteiger partial charge in [-0.2, -0.15) is 0 Å². The summed E-state index contributed by atoms with van der Waals surface area (Å²) in [5.74, 6) is 1.81. The summed E-state index contributed by atoms with van der Waals surface area (Å²) < 4.78 is 5.61. The molecule has 0 aromatic heterocycles. The maximum absolute atomic E-state index is 5.61. The molecule has 1 aromatic rings. The molecule has 0 fully saturated rings. The topological polar surface area (TPSA) is 21.3 Å². The number of nitrogens with one attached hydrogen (secondary N) is 1. The Balaban J connectivity index is 1.81. The number of hydrogen-bond acceptors (Lipinski definition) is 2. The summed E-state index contributed by atoms with van der Waals surface area (Å²) in [6.07, 6.45) is 6.76. The number of benzene rings is 1. The van der Waals surface area contributed by atoms with Gasteiger partial charge in [0.05, 0.1) is 0 Å². The first-order valence-electron chi connectivity index (χ1n) is 7.67. The van der Waals surface area contributed by atoms with Crippen molar-refractivity contribution in [1.29, 1.82) is 0 Å². The van der Waals surface area contributed by atoms with Crippen LogP contribution in [0.1, 0.15) is 46.0 Å². The summed E-state index contributed by atoms with van der Waals surface area (Å²) in [5.41, 5.74) is 0. The number of ether oxygens (including phenoxy) is 1. The molecule has 0 unspecified atom stereocenters. The van der Waals surface area contributed by atoms with Gasteiger partial charge in [0.25, 0.3) is 0 Å². The van der Waals surface area contributed by atoms with Crippen LogP contribution in [0.5, 0.6) is 5.75 Å². The molecule has 2 heteroatoms. The lowest BCUT2D eigenvalue weighted by molar-refractivity contribution is 0.313. The zero-order chi connectivity index (χ0) is 13.8. The normalized spacial score (nSPS) is 10.9. The van der Waals surface area contributed by atoms with Crippen LogP contribution in [-0.2, 0) is 0 Å². The van der Waals surface area contributed by atoms with Gasteiger partial charge in [0.2, 0.25) is 0 Å². The van der Waals surface area contributed by atoms with Gasteiger partial charge in [-0.3, -0.25) is 0 Å². The van der Waals surface area contributed by atoms with Crippen LogP contribution in [0.25, 0.3) is 0 Å². The minimum atomic E-state index is 0.747. The second kappa shape index (κ2) is 10.9. The second-order valence-electron chi connectivity index (χ2n) is 5.51. The summed E-state index contributed by atoms with van der Waals surface area (Å²) in [7, 11) is 0. The molecule has 0 aliphatic carbocycles. The minimum Gasteiger partial charge on any atom is -0.492 e. The van der Waals surface area contributed by atoms with Gasteiger partial charge in [0.1, 0.15) is 12.4 Å². The Morgan fingerprint density at radius 3 is 2.42 bits per heavy atom. The van der Waals surface area contributed by atoms with E-state index in [4.69, 9.17) is 4.74 Å². The van der Waals surface area contributed by atoms with Gasteiger partial charge >= 0.3 is 0 Å². The highest BCUT2D eigenvalue weighted by Gasteiger charge is 1.95. The Kier molecular flexibility index (Phi) is 9.17. The van der Waals surface area contributed by atoms with Crippen molar-refractivity contribution in [3.05, 3.63) is 30.3 Å². The molecule has 2 nitrogen and oxygen atoms in total. The first-order chi connectivity index (χ1) is 9.29. The van der Waals surface area contributed by atoms with Crippen molar-refractivity contribution in [3.63, 3.8) is 0 Å². The zero-order valence-corrected chi connectivity index (χ0v) is 12.5. The highest BCUT2D eigenvalue weighted by Crippen LogP contribution is 2.09. The van der Waals surface area contributed by atoms with Crippen LogP contribution in [0.4, 0.5) is 0 Å². The van der Waals surface area contributed by atoms with Crippen molar-refractivity contribution < 1.29 is 4.74 Å². The molecular weight excluding hydrogens is 234 g/mol. The predicted octanol–water partition coefficient (Wildman–Crippen LogP) is 4.26. The van der Waals surface area contributed by atoms with E-state index >= 15 is 0 Å². The van der Waals surface area contributed by atoms with E-state index in [0.717, 1.165) is 31.4 Å². The molecule has 0 amide bonds. The number of para-hydroxylation sites is 1. The Labute approximate surface area is 118 Å². The van der Waals surface area contributed by atoms with Crippen LogP contribution in [0.15, 0.2) is 30.3 Å². The fourth-order valence-electron chi connectivity index (χ4n) is 2.04. The fourth-order valence-corrected chi connectivity index (χ4v) is 2.04. The van der Waals surface area contributed by atoms with Gasteiger partial charge in [0.15, 0.2) is 0 Å². The molecule has 1 aromatic carbocycles. The highest BCUT2D eigenvalue weighted by molar-refractivity contribution is 5.20. The summed E-state index contributed by atoms with van der Waals surface area (Å²) >= 11 is 0. The SMILES string of the molecule is CC(C)CCCCCCNCCOc1ccccc1. The van der Waals surface area contributed by atoms with Crippen molar-refractivity contribution >= 4 is 0 Å². The van der Waals surface area contributed by atoms with Gasteiger partial charge in [-0.15, -0.1) is 0 Å². The average Bonchev–Trinajstić information content (AvgIpc) is 2.42. The average molecular weight is 263 g/mol. The molecule has 0 aliphatic heterocycles. The smallest absolute Gasteiger partial charge is 0.119 e.